The van der Waals surface area contributed by atoms with Crippen LogP contribution in [0.2, 0.25) is 0 Å². The predicted octanol–water partition coefficient (Wildman–Crippen LogP) is 1.97. The van der Waals surface area contributed by atoms with Gasteiger partial charge in [-0.15, -0.1) is 0 Å². The fraction of sp³-hybridized carbons (Fsp3) is 0.435. The highest BCUT2D eigenvalue weighted by atomic mass is 16.5. The molecule has 2 aromatic rings. The number of rotatable bonds is 4. The van der Waals surface area contributed by atoms with Gasteiger partial charge < -0.3 is 24.2 Å². The normalized spacial score (nSPS) is 23.3. The Morgan fingerprint density at radius 2 is 2.06 bits per heavy atom. The maximum atomic E-state index is 13.8. The van der Waals surface area contributed by atoms with Crippen molar-refractivity contribution >= 4 is 11.9 Å². The second kappa shape index (κ2) is 8.55. The van der Waals surface area contributed by atoms with Crippen LogP contribution in [0.15, 0.2) is 48.8 Å². The summed E-state index contributed by atoms with van der Waals surface area (Å²) in [5, 5.41) is 0. The van der Waals surface area contributed by atoms with Crippen LogP contribution in [0.3, 0.4) is 0 Å². The van der Waals surface area contributed by atoms with E-state index in [1.165, 1.54) is 4.90 Å². The lowest BCUT2D eigenvalue weighted by atomic mass is 9.83. The van der Waals surface area contributed by atoms with Gasteiger partial charge in [0.1, 0.15) is 5.75 Å². The Kier molecular flexibility index (Phi) is 5.82. The third kappa shape index (κ3) is 3.95. The molecule has 4 rings (SSSR count). The van der Waals surface area contributed by atoms with Gasteiger partial charge in [-0.05, 0) is 29.3 Å². The van der Waals surface area contributed by atoms with Crippen LogP contribution in [0.25, 0.3) is 0 Å². The van der Waals surface area contributed by atoms with Gasteiger partial charge in [-0.25, -0.2) is 4.79 Å². The molecule has 0 radical (unpaired) electrons. The number of amides is 3. The largest absolute Gasteiger partial charge is 0.497 e. The molecule has 0 aliphatic carbocycles. The molecule has 2 saturated heterocycles. The number of nitrogens with zero attached hydrogens (tertiary/aromatic N) is 4. The van der Waals surface area contributed by atoms with Crippen molar-refractivity contribution < 1.29 is 19.1 Å². The van der Waals surface area contributed by atoms with Crippen LogP contribution in [-0.2, 0) is 16.1 Å². The summed E-state index contributed by atoms with van der Waals surface area (Å²) < 4.78 is 11.4. The minimum atomic E-state index is -1.11. The lowest BCUT2D eigenvalue weighted by molar-refractivity contribution is -0.172. The first kappa shape index (κ1) is 21.1. The zero-order chi connectivity index (χ0) is 22.0. The van der Waals surface area contributed by atoms with Crippen LogP contribution in [0.5, 0.6) is 5.75 Å². The number of urea groups is 1. The Bertz CT molecular complexity index is 934. The van der Waals surface area contributed by atoms with Crippen LogP contribution in [0, 0.1) is 0 Å². The van der Waals surface area contributed by atoms with Crippen LogP contribution >= 0.6 is 0 Å². The summed E-state index contributed by atoms with van der Waals surface area (Å²) in [6, 6.07) is 11.4. The molecule has 8 heteroatoms. The summed E-state index contributed by atoms with van der Waals surface area (Å²) in [5.74, 6) is 0.410. The molecule has 31 heavy (non-hydrogen) atoms. The van der Waals surface area contributed by atoms with Gasteiger partial charge in [0.2, 0.25) is 0 Å². The smallest absolute Gasteiger partial charge is 0.319 e. The molecule has 164 valence electrons. The molecule has 2 atom stereocenters. The maximum absolute atomic E-state index is 13.8. The van der Waals surface area contributed by atoms with Crippen molar-refractivity contribution in [1.82, 2.24) is 19.7 Å². The molecule has 0 N–H and O–H groups in total. The van der Waals surface area contributed by atoms with Crippen molar-refractivity contribution in [2.24, 2.45) is 0 Å². The highest BCUT2D eigenvalue weighted by Crippen LogP contribution is 2.42. The Balaban J connectivity index is 1.64. The van der Waals surface area contributed by atoms with Gasteiger partial charge in [-0.1, -0.05) is 18.2 Å². The number of pyridine rings is 1. The summed E-state index contributed by atoms with van der Waals surface area (Å²) in [6.45, 7) is 2.04. The first-order chi connectivity index (χ1) is 14.9. The Morgan fingerprint density at radius 1 is 1.29 bits per heavy atom. The number of morpholine rings is 1. The Morgan fingerprint density at radius 3 is 2.71 bits per heavy atom. The van der Waals surface area contributed by atoms with E-state index in [-0.39, 0.29) is 24.4 Å². The van der Waals surface area contributed by atoms with Crippen molar-refractivity contribution in [2.45, 2.75) is 18.1 Å². The molecule has 0 unspecified atom stereocenters. The summed E-state index contributed by atoms with van der Waals surface area (Å²) in [7, 11) is 5.06. The van der Waals surface area contributed by atoms with Crippen molar-refractivity contribution in [1.29, 1.82) is 0 Å². The first-order valence-electron chi connectivity index (χ1n) is 10.4. The summed E-state index contributed by atoms with van der Waals surface area (Å²) >= 11 is 0. The van der Waals surface area contributed by atoms with E-state index >= 15 is 0 Å². The molecular formula is C23H28N4O4. The number of methoxy groups -OCH3 is 1. The number of likely N-dealkylation sites (tertiary alicyclic amines) is 1. The highest BCUT2D eigenvalue weighted by Gasteiger charge is 2.58. The number of carbonyl (C=O) groups is 2. The summed E-state index contributed by atoms with van der Waals surface area (Å²) in [5.41, 5.74) is 0.805. The van der Waals surface area contributed by atoms with E-state index in [0.29, 0.717) is 26.2 Å². The van der Waals surface area contributed by atoms with Crippen LogP contribution in [0.4, 0.5) is 4.79 Å². The topological polar surface area (TPSA) is 75.2 Å². The highest BCUT2D eigenvalue weighted by molar-refractivity contribution is 5.89. The van der Waals surface area contributed by atoms with Crippen LogP contribution in [-0.4, -0.2) is 84.7 Å². The predicted molar refractivity (Wildman–Crippen MR) is 115 cm³/mol. The van der Waals surface area contributed by atoms with E-state index in [2.05, 4.69) is 4.98 Å². The molecular weight excluding hydrogens is 396 g/mol. The Hall–Kier alpha value is -3.13. The van der Waals surface area contributed by atoms with Gasteiger partial charge >= 0.3 is 6.03 Å². The van der Waals surface area contributed by atoms with Gasteiger partial charge in [0.15, 0.2) is 5.60 Å². The number of aromatic nitrogens is 1. The average molecular weight is 425 g/mol. The molecule has 2 aliphatic rings. The van der Waals surface area contributed by atoms with Gasteiger partial charge in [0.25, 0.3) is 5.91 Å². The van der Waals surface area contributed by atoms with Crippen molar-refractivity contribution in [2.75, 3.05) is 47.4 Å². The van der Waals surface area contributed by atoms with Crippen LogP contribution < -0.4 is 4.74 Å². The molecule has 2 aliphatic heterocycles. The van der Waals surface area contributed by atoms with Crippen molar-refractivity contribution in [3.63, 3.8) is 0 Å². The molecule has 1 aromatic heterocycles. The molecule has 3 heterocycles. The van der Waals surface area contributed by atoms with Crippen molar-refractivity contribution in [3.8, 4) is 5.75 Å². The fourth-order valence-corrected chi connectivity index (χ4v) is 4.45. The van der Waals surface area contributed by atoms with E-state index in [9.17, 15) is 9.59 Å². The number of ether oxygens (including phenoxy) is 2. The summed E-state index contributed by atoms with van der Waals surface area (Å²) in [4.78, 5) is 35.8. The molecule has 1 aromatic carbocycles. The quantitative estimate of drug-likeness (QED) is 0.750. The van der Waals surface area contributed by atoms with E-state index in [0.717, 1.165) is 16.9 Å². The van der Waals surface area contributed by atoms with E-state index in [1.807, 2.05) is 41.3 Å². The fourth-order valence-electron chi connectivity index (χ4n) is 4.45. The maximum Gasteiger partial charge on any atom is 0.319 e. The second-order valence-corrected chi connectivity index (χ2v) is 8.21. The lowest BCUT2D eigenvalue weighted by Gasteiger charge is -2.42. The SMILES string of the molecule is COc1ccc(CN2CCO[C@]3(CN(C(=O)N(C)C)C[C@@H]3c3cccnc3)C2=O)cc1. The number of benzene rings is 1. The minimum Gasteiger partial charge on any atom is -0.497 e. The lowest BCUT2D eigenvalue weighted by Crippen LogP contribution is -2.60. The van der Waals surface area contributed by atoms with E-state index in [4.69, 9.17) is 9.47 Å². The standard InChI is InChI=1S/C23H28N4O4/c1-25(2)22(29)27-15-20(18-5-4-10-24-13-18)23(16-27)21(28)26(11-12-31-23)14-17-6-8-19(30-3)9-7-17/h4-10,13,20H,11-12,14-16H2,1-3H3/t20-,23+/m1/s1. The van der Waals surface area contributed by atoms with Gasteiger partial charge in [-0.2, -0.15) is 0 Å². The molecule has 0 saturated carbocycles. The zero-order valence-electron chi connectivity index (χ0n) is 18.2. The third-order valence-electron chi connectivity index (χ3n) is 6.03. The average Bonchev–Trinajstić information content (AvgIpc) is 3.17. The van der Waals surface area contributed by atoms with Crippen LogP contribution in [0.1, 0.15) is 17.0 Å². The van der Waals surface area contributed by atoms with Gasteiger partial charge in [0.05, 0.1) is 20.3 Å². The summed E-state index contributed by atoms with van der Waals surface area (Å²) in [6.07, 6.45) is 3.46. The number of hydrogen-bond acceptors (Lipinski definition) is 5. The second-order valence-electron chi connectivity index (χ2n) is 8.21. The molecule has 2 fully saturated rings. The minimum absolute atomic E-state index is 0.0857. The molecule has 0 bridgehead atoms. The molecule has 8 nitrogen and oxygen atoms in total. The van der Waals surface area contributed by atoms with E-state index in [1.54, 1.807) is 38.5 Å². The van der Waals surface area contributed by atoms with E-state index < -0.39 is 5.60 Å². The molecule has 1 spiro atoms. The Labute approximate surface area is 182 Å². The number of carbonyl (C=O) groups excluding carboxylic acids is 2. The van der Waals surface area contributed by atoms with Gasteiger partial charge in [0, 0.05) is 52.0 Å². The third-order valence-corrected chi connectivity index (χ3v) is 6.03. The molecule has 3 amide bonds. The van der Waals surface area contributed by atoms with Gasteiger partial charge in [-0.3, -0.25) is 9.78 Å². The first-order valence-corrected chi connectivity index (χ1v) is 10.4. The zero-order valence-corrected chi connectivity index (χ0v) is 18.2. The van der Waals surface area contributed by atoms with Crippen molar-refractivity contribution in [3.05, 3.63) is 59.9 Å². The number of hydrogen-bond donors (Lipinski definition) is 0. The monoisotopic (exact) mass is 424 g/mol.